The Bertz CT molecular complexity index is 368. The monoisotopic (exact) mass is 270 g/mol. The van der Waals surface area contributed by atoms with E-state index in [1.165, 1.54) is 6.92 Å². The van der Waals surface area contributed by atoms with Crippen molar-refractivity contribution in [2.24, 2.45) is 11.8 Å². The van der Waals surface area contributed by atoms with E-state index in [1.807, 2.05) is 13.8 Å². The summed E-state index contributed by atoms with van der Waals surface area (Å²) in [7, 11) is 0. The van der Waals surface area contributed by atoms with Gasteiger partial charge in [0.25, 0.3) is 0 Å². The molecule has 0 aromatic carbocycles. The van der Waals surface area contributed by atoms with Crippen LogP contribution in [0.15, 0.2) is 0 Å². The number of carboxylic acid groups (broad SMARTS) is 1. The summed E-state index contributed by atoms with van der Waals surface area (Å²) < 4.78 is 0. The van der Waals surface area contributed by atoms with Crippen LogP contribution in [0.1, 0.15) is 33.6 Å². The van der Waals surface area contributed by atoms with Gasteiger partial charge in [-0.1, -0.05) is 13.8 Å². The first-order valence-electron chi connectivity index (χ1n) is 6.61. The zero-order chi connectivity index (χ0) is 14.6. The van der Waals surface area contributed by atoms with Crippen LogP contribution in [0.4, 0.5) is 0 Å². The first kappa shape index (κ1) is 15.5. The molecule has 6 nitrogen and oxygen atoms in total. The second kappa shape index (κ2) is 6.54. The third-order valence-electron chi connectivity index (χ3n) is 3.37. The largest absolute Gasteiger partial charge is 0.481 e. The lowest BCUT2D eigenvalue weighted by Gasteiger charge is -2.34. The highest BCUT2D eigenvalue weighted by molar-refractivity contribution is 5.87. The molecule has 1 heterocycles. The average molecular weight is 270 g/mol. The van der Waals surface area contributed by atoms with Crippen molar-refractivity contribution in [1.29, 1.82) is 0 Å². The molecule has 2 atom stereocenters. The van der Waals surface area contributed by atoms with E-state index in [0.29, 0.717) is 19.4 Å². The van der Waals surface area contributed by atoms with Crippen LogP contribution in [0.2, 0.25) is 0 Å². The highest BCUT2D eigenvalue weighted by Crippen LogP contribution is 2.18. The highest BCUT2D eigenvalue weighted by Gasteiger charge is 2.33. The number of likely N-dealkylation sites (tertiary alicyclic amines) is 1. The Morgan fingerprint density at radius 1 is 1.32 bits per heavy atom. The molecule has 0 bridgehead atoms. The second-order valence-electron chi connectivity index (χ2n) is 5.38. The number of hydrogen-bond donors (Lipinski definition) is 2. The summed E-state index contributed by atoms with van der Waals surface area (Å²) >= 11 is 0. The maximum atomic E-state index is 12.4. The third kappa shape index (κ3) is 4.22. The van der Waals surface area contributed by atoms with Gasteiger partial charge in [-0.05, 0) is 18.8 Å². The number of nitrogens with zero attached hydrogens (tertiary/aromatic N) is 1. The molecule has 2 unspecified atom stereocenters. The predicted molar refractivity (Wildman–Crippen MR) is 69.4 cm³/mol. The standard InChI is InChI=1S/C13H22N2O4/c1-8(2)11(14-9(3)16)12(17)15-6-4-5-10(7-15)13(18)19/h8,10-11H,4-7H2,1-3H3,(H,14,16)(H,18,19). The minimum absolute atomic E-state index is 0.0263. The summed E-state index contributed by atoms with van der Waals surface area (Å²) in [5.74, 6) is -1.82. The number of hydrogen-bond acceptors (Lipinski definition) is 3. The van der Waals surface area contributed by atoms with Gasteiger partial charge in [0.1, 0.15) is 6.04 Å². The van der Waals surface area contributed by atoms with Gasteiger partial charge in [0, 0.05) is 20.0 Å². The Kier molecular flexibility index (Phi) is 5.32. The predicted octanol–water partition coefficient (Wildman–Crippen LogP) is 0.470. The normalized spacial score (nSPS) is 21.1. The molecule has 0 aliphatic carbocycles. The van der Waals surface area contributed by atoms with Crippen LogP contribution in [-0.4, -0.2) is 46.9 Å². The third-order valence-corrected chi connectivity index (χ3v) is 3.37. The van der Waals surface area contributed by atoms with Crippen LogP contribution < -0.4 is 5.32 Å². The van der Waals surface area contributed by atoms with Crippen molar-refractivity contribution in [2.45, 2.75) is 39.7 Å². The Hall–Kier alpha value is -1.59. The van der Waals surface area contributed by atoms with Crippen LogP contribution >= 0.6 is 0 Å². The van der Waals surface area contributed by atoms with Crippen LogP contribution in [-0.2, 0) is 14.4 Å². The molecule has 1 rings (SSSR count). The Morgan fingerprint density at radius 3 is 2.42 bits per heavy atom. The van der Waals surface area contributed by atoms with Gasteiger partial charge < -0.3 is 15.3 Å². The van der Waals surface area contributed by atoms with E-state index < -0.39 is 17.9 Å². The van der Waals surface area contributed by atoms with Crippen LogP contribution in [0, 0.1) is 11.8 Å². The highest BCUT2D eigenvalue weighted by atomic mass is 16.4. The second-order valence-corrected chi connectivity index (χ2v) is 5.38. The maximum Gasteiger partial charge on any atom is 0.308 e. The van der Waals surface area contributed by atoms with Crippen molar-refractivity contribution in [2.75, 3.05) is 13.1 Å². The van der Waals surface area contributed by atoms with Gasteiger partial charge in [0.15, 0.2) is 0 Å². The molecule has 1 aliphatic heterocycles. The number of nitrogens with one attached hydrogen (secondary N) is 1. The molecule has 0 aromatic heterocycles. The number of carbonyl (C=O) groups excluding carboxylic acids is 2. The topological polar surface area (TPSA) is 86.7 Å². The maximum absolute atomic E-state index is 12.4. The van der Waals surface area contributed by atoms with Gasteiger partial charge in [-0.25, -0.2) is 0 Å². The summed E-state index contributed by atoms with van der Waals surface area (Å²) in [4.78, 5) is 36.1. The number of piperidine rings is 1. The Balaban J connectivity index is 2.73. The summed E-state index contributed by atoms with van der Waals surface area (Å²) in [6.07, 6.45) is 1.29. The molecular weight excluding hydrogens is 248 g/mol. The van der Waals surface area contributed by atoms with Gasteiger partial charge >= 0.3 is 5.97 Å². The summed E-state index contributed by atoms with van der Waals surface area (Å²) in [6, 6.07) is -0.579. The van der Waals surface area contributed by atoms with E-state index in [0.717, 1.165) is 0 Å². The van der Waals surface area contributed by atoms with Crippen molar-refractivity contribution >= 4 is 17.8 Å². The smallest absolute Gasteiger partial charge is 0.308 e. The number of carbonyl (C=O) groups is 3. The van der Waals surface area contributed by atoms with Crippen molar-refractivity contribution in [3.05, 3.63) is 0 Å². The lowest BCUT2D eigenvalue weighted by atomic mass is 9.96. The van der Waals surface area contributed by atoms with E-state index in [4.69, 9.17) is 5.11 Å². The summed E-state index contributed by atoms with van der Waals surface area (Å²) in [5, 5.41) is 11.7. The fraction of sp³-hybridized carbons (Fsp3) is 0.769. The van der Waals surface area contributed by atoms with Gasteiger partial charge in [0.2, 0.25) is 11.8 Å². The van der Waals surface area contributed by atoms with Gasteiger partial charge in [0.05, 0.1) is 5.92 Å². The van der Waals surface area contributed by atoms with Gasteiger partial charge in [-0.15, -0.1) is 0 Å². The van der Waals surface area contributed by atoms with Crippen LogP contribution in [0.3, 0.4) is 0 Å². The summed E-state index contributed by atoms with van der Waals surface area (Å²) in [5.41, 5.74) is 0. The molecule has 0 saturated carbocycles. The molecule has 19 heavy (non-hydrogen) atoms. The molecule has 2 amide bonds. The molecule has 0 aromatic rings. The minimum Gasteiger partial charge on any atom is -0.481 e. The molecular formula is C13H22N2O4. The zero-order valence-electron chi connectivity index (χ0n) is 11.7. The lowest BCUT2D eigenvalue weighted by molar-refractivity contribution is -0.147. The van der Waals surface area contributed by atoms with Crippen molar-refractivity contribution in [3.8, 4) is 0 Å². The van der Waals surface area contributed by atoms with E-state index in [9.17, 15) is 14.4 Å². The molecule has 2 N–H and O–H groups in total. The molecule has 1 aliphatic rings. The van der Waals surface area contributed by atoms with E-state index in [1.54, 1.807) is 4.90 Å². The average Bonchev–Trinajstić information content (AvgIpc) is 2.34. The van der Waals surface area contributed by atoms with Crippen LogP contribution in [0.25, 0.3) is 0 Å². The van der Waals surface area contributed by atoms with Crippen molar-refractivity contribution < 1.29 is 19.5 Å². The van der Waals surface area contributed by atoms with Crippen LogP contribution in [0.5, 0.6) is 0 Å². The molecule has 1 fully saturated rings. The molecule has 1 saturated heterocycles. The van der Waals surface area contributed by atoms with E-state index in [2.05, 4.69) is 5.32 Å². The van der Waals surface area contributed by atoms with Gasteiger partial charge in [-0.2, -0.15) is 0 Å². The van der Waals surface area contributed by atoms with Crippen molar-refractivity contribution in [1.82, 2.24) is 10.2 Å². The molecule has 0 radical (unpaired) electrons. The number of rotatable bonds is 4. The fourth-order valence-corrected chi connectivity index (χ4v) is 2.31. The van der Waals surface area contributed by atoms with E-state index in [-0.39, 0.29) is 24.3 Å². The Morgan fingerprint density at radius 2 is 1.95 bits per heavy atom. The zero-order valence-corrected chi connectivity index (χ0v) is 11.7. The number of aliphatic carboxylic acids is 1. The summed E-state index contributed by atoms with van der Waals surface area (Å²) in [6.45, 7) is 5.88. The van der Waals surface area contributed by atoms with Crippen molar-refractivity contribution in [3.63, 3.8) is 0 Å². The Labute approximate surface area is 113 Å². The molecule has 0 spiro atoms. The lowest BCUT2D eigenvalue weighted by Crippen LogP contribution is -2.53. The molecule has 108 valence electrons. The number of carboxylic acids is 1. The van der Waals surface area contributed by atoms with E-state index >= 15 is 0 Å². The first-order valence-corrected chi connectivity index (χ1v) is 6.61. The first-order chi connectivity index (χ1) is 8.82. The van der Waals surface area contributed by atoms with Gasteiger partial charge in [-0.3, -0.25) is 14.4 Å². The number of amides is 2. The fourth-order valence-electron chi connectivity index (χ4n) is 2.31. The minimum atomic E-state index is -0.863. The molecule has 6 heteroatoms. The SMILES string of the molecule is CC(=O)NC(C(=O)N1CCCC(C(=O)O)C1)C(C)C. The quantitative estimate of drug-likeness (QED) is 0.777.